The highest BCUT2D eigenvalue weighted by atomic mass is 16.3. The fraction of sp³-hybridized carbons (Fsp3) is 0.417. The highest BCUT2D eigenvalue weighted by Crippen LogP contribution is 2.71. The Labute approximate surface area is 164 Å². The molecule has 144 valence electrons. The van der Waals surface area contributed by atoms with Crippen molar-refractivity contribution >= 4 is 10.9 Å². The van der Waals surface area contributed by atoms with Gasteiger partial charge in [0, 0.05) is 34.8 Å². The molecule has 1 unspecified atom stereocenters. The van der Waals surface area contributed by atoms with Gasteiger partial charge in [-0.2, -0.15) is 0 Å². The van der Waals surface area contributed by atoms with Gasteiger partial charge in [-0.05, 0) is 67.3 Å². The highest BCUT2D eigenvalue weighted by Gasteiger charge is 2.71. The Bertz CT molecular complexity index is 1050. The molecule has 4 aliphatic rings. The van der Waals surface area contributed by atoms with Crippen molar-refractivity contribution in [2.24, 2.45) is 5.41 Å². The lowest BCUT2D eigenvalue weighted by Crippen LogP contribution is -2.77. The largest absolute Gasteiger partial charge is 0.508 e. The van der Waals surface area contributed by atoms with Crippen LogP contribution in [0, 0.1) is 5.41 Å². The number of aromatic nitrogens is 1. The minimum absolute atomic E-state index is 0.156. The lowest BCUT2D eigenvalue weighted by atomic mass is 9.38. The van der Waals surface area contributed by atoms with Gasteiger partial charge in [0.2, 0.25) is 0 Å². The highest BCUT2D eigenvalue weighted by molar-refractivity contribution is 5.85. The number of H-pyrrole nitrogens is 1. The number of aliphatic hydroxyl groups is 1. The number of phenolic OH excluding ortho intramolecular Hbond substituents is 1. The van der Waals surface area contributed by atoms with Crippen LogP contribution in [-0.4, -0.2) is 38.3 Å². The summed E-state index contributed by atoms with van der Waals surface area (Å²) in [4.78, 5) is 6.45. The van der Waals surface area contributed by atoms with Crippen LogP contribution >= 0.6 is 0 Å². The van der Waals surface area contributed by atoms with Crippen LogP contribution in [0.2, 0.25) is 0 Å². The number of aromatic amines is 1. The molecule has 3 saturated carbocycles. The Morgan fingerprint density at radius 2 is 1.79 bits per heavy atom. The van der Waals surface area contributed by atoms with Gasteiger partial charge in [-0.3, -0.25) is 4.90 Å². The van der Waals surface area contributed by atoms with Crippen LogP contribution in [0.3, 0.4) is 0 Å². The standard InChI is InChI=1S/C24H26N2O2/c1-15-10-19-18-4-2-3-5-20(18)25-21(19)22(16-6-8-17(28)9-7-16)26(15)24-11-23(12-24,13-24)14-27/h2-9,15,22,25,27-28H,10-14H2,1H3/t15?,22-,23?,24?/m1/s1. The summed E-state index contributed by atoms with van der Waals surface area (Å²) in [5.74, 6) is 0.306. The second-order valence-electron chi connectivity index (χ2n) is 9.43. The molecule has 2 aromatic carbocycles. The molecule has 1 aliphatic heterocycles. The van der Waals surface area contributed by atoms with Crippen molar-refractivity contribution in [3.8, 4) is 5.75 Å². The number of para-hydroxylation sites is 1. The third kappa shape index (κ3) is 2.02. The number of fused-ring (bicyclic) bond motifs is 3. The van der Waals surface area contributed by atoms with E-state index in [0.29, 0.717) is 18.4 Å². The van der Waals surface area contributed by atoms with Crippen molar-refractivity contribution in [1.29, 1.82) is 0 Å². The molecule has 3 aliphatic carbocycles. The Hall–Kier alpha value is -2.30. The van der Waals surface area contributed by atoms with Crippen molar-refractivity contribution in [1.82, 2.24) is 9.88 Å². The molecule has 0 amide bonds. The molecular weight excluding hydrogens is 348 g/mol. The Morgan fingerprint density at radius 3 is 2.50 bits per heavy atom. The predicted octanol–water partition coefficient (Wildman–Crippen LogP) is 4.12. The van der Waals surface area contributed by atoms with E-state index in [-0.39, 0.29) is 17.0 Å². The van der Waals surface area contributed by atoms with Gasteiger partial charge in [0.1, 0.15) is 5.75 Å². The van der Waals surface area contributed by atoms with Gasteiger partial charge in [-0.15, -0.1) is 0 Å². The third-order valence-electron chi connectivity index (χ3n) is 7.58. The van der Waals surface area contributed by atoms with E-state index in [2.05, 4.69) is 53.2 Å². The molecule has 1 aromatic heterocycles. The number of nitrogens with one attached hydrogen (secondary N) is 1. The molecule has 3 fully saturated rings. The van der Waals surface area contributed by atoms with Crippen molar-refractivity contribution < 1.29 is 10.2 Å². The van der Waals surface area contributed by atoms with Crippen molar-refractivity contribution in [2.45, 2.75) is 50.2 Å². The van der Waals surface area contributed by atoms with Gasteiger partial charge >= 0.3 is 0 Å². The number of aliphatic hydroxyl groups excluding tert-OH is 1. The first-order chi connectivity index (χ1) is 13.5. The third-order valence-corrected chi connectivity index (χ3v) is 7.58. The molecule has 2 atom stereocenters. The molecule has 4 heteroatoms. The van der Waals surface area contributed by atoms with Gasteiger partial charge in [0.15, 0.2) is 0 Å². The predicted molar refractivity (Wildman–Crippen MR) is 109 cm³/mol. The minimum Gasteiger partial charge on any atom is -0.508 e. The molecule has 3 aromatic rings. The molecule has 2 bridgehead atoms. The average Bonchev–Trinajstić information content (AvgIpc) is 2.99. The van der Waals surface area contributed by atoms with Crippen LogP contribution in [0.25, 0.3) is 10.9 Å². The van der Waals surface area contributed by atoms with E-state index in [0.717, 1.165) is 25.7 Å². The van der Waals surface area contributed by atoms with Gasteiger partial charge in [0.25, 0.3) is 0 Å². The van der Waals surface area contributed by atoms with E-state index >= 15 is 0 Å². The topological polar surface area (TPSA) is 59.5 Å². The fourth-order valence-corrected chi connectivity index (χ4v) is 6.57. The molecule has 0 saturated heterocycles. The quantitative estimate of drug-likeness (QED) is 0.646. The number of phenols is 1. The van der Waals surface area contributed by atoms with Crippen LogP contribution in [0.5, 0.6) is 5.75 Å². The zero-order valence-electron chi connectivity index (χ0n) is 16.2. The summed E-state index contributed by atoms with van der Waals surface area (Å²) in [5.41, 5.74) is 5.54. The van der Waals surface area contributed by atoms with Gasteiger partial charge in [0.05, 0.1) is 6.04 Å². The molecule has 28 heavy (non-hydrogen) atoms. The van der Waals surface area contributed by atoms with Crippen LogP contribution in [0.4, 0.5) is 0 Å². The Kier molecular flexibility index (Phi) is 3.21. The van der Waals surface area contributed by atoms with Crippen LogP contribution in [-0.2, 0) is 6.42 Å². The fourth-order valence-electron chi connectivity index (χ4n) is 6.57. The molecular formula is C24H26N2O2. The second-order valence-corrected chi connectivity index (χ2v) is 9.43. The summed E-state index contributed by atoms with van der Waals surface area (Å²) in [6.45, 7) is 2.67. The SMILES string of the molecule is CC1Cc2c([nH]c3ccccc23)[C@@H](c2ccc(O)cc2)N1C12CC(CO)(C1)C2. The summed E-state index contributed by atoms with van der Waals surface area (Å²) >= 11 is 0. The number of rotatable bonds is 3. The molecule has 0 radical (unpaired) electrons. The van der Waals surface area contributed by atoms with E-state index in [9.17, 15) is 10.2 Å². The summed E-state index contributed by atoms with van der Waals surface area (Å²) in [7, 11) is 0. The first kappa shape index (κ1) is 16.6. The summed E-state index contributed by atoms with van der Waals surface area (Å²) in [5, 5.41) is 20.9. The zero-order chi connectivity index (χ0) is 19.1. The molecule has 2 heterocycles. The normalized spacial score (nSPS) is 33.9. The van der Waals surface area contributed by atoms with E-state index in [1.807, 2.05) is 0 Å². The van der Waals surface area contributed by atoms with Crippen molar-refractivity contribution in [3.05, 3.63) is 65.4 Å². The Morgan fingerprint density at radius 1 is 1.07 bits per heavy atom. The number of hydrogen-bond acceptors (Lipinski definition) is 3. The van der Waals surface area contributed by atoms with E-state index in [1.165, 1.54) is 27.7 Å². The molecule has 4 nitrogen and oxygen atoms in total. The maximum Gasteiger partial charge on any atom is 0.115 e. The number of hydrogen-bond donors (Lipinski definition) is 3. The maximum absolute atomic E-state index is 9.82. The van der Waals surface area contributed by atoms with Gasteiger partial charge in [-0.1, -0.05) is 30.3 Å². The maximum atomic E-state index is 9.82. The average molecular weight is 374 g/mol. The van der Waals surface area contributed by atoms with Gasteiger partial charge < -0.3 is 15.2 Å². The number of aromatic hydroxyl groups is 1. The van der Waals surface area contributed by atoms with Crippen molar-refractivity contribution in [2.75, 3.05) is 6.61 Å². The number of benzene rings is 2. The van der Waals surface area contributed by atoms with Crippen LogP contribution in [0.1, 0.15) is 49.0 Å². The van der Waals surface area contributed by atoms with Crippen LogP contribution in [0.15, 0.2) is 48.5 Å². The second kappa shape index (κ2) is 5.40. The van der Waals surface area contributed by atoms with E-state index < -0.39 is 0 Å². The van der Waals surface area contributed by atoms with Crippen molar-refractivity contribution in [3.63, 3.8) is 0 Å². The summed E-state index contributed by atoms with van der Waals surface area (Å²) < 4.78 is 0. The Balaban J connectivity index is 1.52. The minimum atomic E-state index is 0.156. The summed E-state index contributed by atoms with van der Waals surface area (Å²) in [6.07, 6.45) is 4.35. The van der Waals surface area contributed by atoms with E-state index in [1.54, 1.807) is 12.1 Å². The smallest absolute Gasteiger partial charge is 0.115 e. The summed E-state index contributed by atoms with van der Waals surface area (Å²) in [6, 6.07) is 16.9. The zero-order valence-corrected chi connectivity index (χ0v) is 16.2. The molecule has 7 rings (SSSR count). The lowest BCUT2D eigenvalue weighted by molar-refractivity contribution is -0.254. The molecule has 3 N–H and O–H groups in total. The monoisotopic (exact) mass is 374 g/mol. The number of nitrogens with zero attached hydrogens (tertiary/aromatic N) is 1. The molecule has 0 spiro atoms. The van der Waals surface area contributed by atoms with Crippen LogP contribution < -0.4 is 0 Å². The first-order valence-corrected chi connectivity index (χ1v) is 10.3. The van der Waals surface area contributed by atoms with E-state index in [4.69, 9.17) is 0 Å². The first-order valence-electron chi connectivity index (χ1n) is 10.3. The van der Waals surface area contributed by atoms with Gasteiger partial charge in [-0.25, -0.2) is 0 Å². The lowest BCUT2D eigenvalue weighted by Gasteiger charge is -2.76.